The van der Waals surface area contributed by atoms with E-state index in [9.17, 15) is 14.4 Å². The van der Waals surface area contributed by atoms with Crippen molar-refractivity contribution in [1.82, 2.24) is 10.2 Å². The molecule has 0 aliphatic carbocycles. The van der Waals surface area contributed by atoms with E-state index in [4.69, 9.17) is 15.2 Å². The van der Waals surface area contributed by atoms with Crippen LogP contribution in [-0.2, 0) is 14.3 Å². The Balaban J connectivity index is 1.31. The van der Waals surface area contributed by atoms with E-state index in [1.165, 1.54) is 4.90 Å². The van der Waals surface area contributed by atoms with Gasteiger partial charge in [-0.05, 0) is 59.9 Å². The topological polar surface area (TPSA) is 114 Å². The summed E-state index contributed by atoms with van der Waals surface area (Å²) in [4.78, 5) is 41.7. The normalized spacial score (nSPS) is 16.1. The Bertz CT molecular complexity index is 1430. The average molecular weight is 557 g/mol. The number of nitrogens with one attached hydrogen (secondary N) is 1. The summed E-state index contributed by atoms with van der Waals surface area (Å²) in [5.41, 5.74) is 11.5. The predicted molar refractivity (Wildman–Crippen MR) is 157 cm³/mol. The number of amides is 2. The first kappa shape index (κ1) is 28.5. The number of rotatable bonds is 10. The molecule has 9 nitrogen and oxygen atoms in total. The van der Waals surface area contributed by atoms with Crippen LogP contribution in [-0.4, -0.2) is 75.0 Å². The minimum atomic E-state index is -0.471. The summed E-state index contributed by atoms with van der Waals surface area (Å²) in [5.74, 6) is -0.174. The van der Waals surface area contributed by atoms with Crippen LogP contribution in [0.1, 0.15) is 33.1 Å². The van der Waals surface area contributed by atoms with Gasteiger partial charge in [0.05, 0.1) is 32.0 Å². The molecule has 0 aromatic heterocycles. The number of morpholine rings is 1. The van der Waals surface area contributed by atoms with Gasteiger partial charge >= 0.3 is 0 Å². The average Bonchev–Trinajstić information content (AvgIpc) is 2.98. The lowest BCUT2D eigenvalue weighted by Gasteiger charge is -2.32. The van der Waals surface area contributed by atoms with Gasteiger partial charge in [0.2, 0.25) is 5.91 Å². The number of nitrogens with two attached hydrogens (primary N) is 1. The molecule has 5 rings (SSSR count). The first-order valence-corrected chi connectivity index (χ1v) is 13.9. The van der Waals surface area contributed by atoms with Crippen LogP contribution < -0.4 is 20.7 Å². The van der Waals surface area contributed by atoms with E-state index in [-0.39, 0.29) is 37.4 Å². The van der Waals surface area contributed by atoms with Crippen molar-refractivity contribution in [2.45, 2.75) is 19.9 Å². The van der Waals surface area contributed by atoms with Gasteiger partial charge in [-0.3, -0.25) is 24.2 Å². The van der Waals surface area contributed by atoms with Crippen molar-refractivity contribution >= 4 is 23.3 Å². The van der Waals surface area contributed by atoms with E-state index in [2.05, 4.69) is 10.2 Å². The minimum absolute atomic E-state index is 0.0300. The molecule has 0 saturated carbocycles. The van der Waals surface area contributed by atoms with Crippen LogP contribution in [0.2, 0.25) is 0 Å². The van der Waals surface area contributed by atoms with Crippen LogP contribution in [0.5, 0.6) is 5.75 Å². The molecule has 3 aromatic rings. The molecule has 0 bridgehead atoms. The Labute approximate surface area is 240 Å². The summed E-state index contributed by atoms with van der Waals surface area (Å²) in [5, 5.41) is 3.45. The molecule has 41 heavy (non-hydrogen) atoms. The quantitative estimate of drug-likeness (QED) is 0.395. The molecule has 9 heteroatoms. The van der Waals surface area contributed by atoms with Crippen LogP contribution in [0.3, 0.4) is 0 Å². The first-order chi connectivity index (χ1) is 19.8. The minimum Gasteiger partial charge on any atom is -0.482 e. The number of hydrogen-bond donors (Lipinski definition) is 2. The number of aryl methyl sites for hydroxylation is 2. The van der Waals surface area contributed by atoms with Gasteiger partial charge in [0.25, 0.3) is 5.91 Å². The van der Waals surface area contributed by atoms with Crippen molar-refractivity contribution in [2.75, 3.05) is 57.4 Å². The van der Waals surface area contributed by atoms with Crippen molar-refractivity contribution in [3.8, 4) is 16.9 Å². The summed E-state index contributed by atoms with van der Waals surface area (Å²) in [6.45, 7) is 7.63. The van der Waals surface area contributed by atoms with Crippen molar-refractivity contribution < 1.29 is 23.9 Å². The molecule has 214 valence electrons. The number of benzene rings is 3. The van der Waals surface area contributed by atoms with Gasteiger partial charge in [-0.2, -0.15) is 0 Å². The fraction of sp³-hybridized carbons (Fsp3) is 0.344. The summed E-state index contributed by atoms with van der Waals surface area (Å²) in [6, 6.07) is 18.9. The highest BCUT2D eigenvalue weighted by Crippen LogP contribution is 2.34. The highest BCUT2D eigenvalue weighted by Gasteiger charge is 2.28. The van der Waals surface area contributed by atoms with Crippen molar-refractivity contribution in [3.05, 3.63) is 82.9 Å². The monoisotopic (exact) mass is 556 g/mol. The first-order valence-electron chi connectivity index (χ1n) is 13.9. The molecule has 2 amide bonds. The van der Waals surface area contributed by atoms with Gasteiger partial charge in [-0.15, -0.1) is 0 Å². The van der Waals surface area contributed by atoms with Crippen LogP contribution >= 0.6 is 0 Å². The number of carbonyl (C=O) groups excluding carboxylic acids is 3. The largest absolute Gasteiger partial charge is 0.482 e. The third-order valence-corrected chi connectivity index (χ3v) is 7.76. The van der Waals surface area contributed by atoms with Gasteiger partial charge in [-0.25, -0.2) is 0 Å². The molecule has 2 aliphatic heterocycles. The van der Waals surface area contributed by atoms with Crippen molar-refractivity contribution in [2.24, 2.45) is 5.73 Å². The Hall–Kier alpha value is -4.05. The number of ketones is 1. The maximum absolute atomic E-state index is 13.2. The van der Waals surface area contributed by atoms with Crippen LogP contribution in [0.25, 0.3) is 11.1 Å². The van der Waals surface area contributed by atoms with Crippen LogP contribution in [0.4, 0.5) is 5.69 Å². The van der Waals surface area contributed by atoms with E-state index >= 15 is 0 Å². The highest BCUT2D eigenvalue weighted by molar-refractivity contribution is 6.03. The second-order valence-corrected chi connectivity index (χ2v) is 10.6. The molecule has 3 N–H and O–H groups in total. The number of primary amides is 1. The Morgan fingerprint density at radius 2 is 1.71 bits per heavy atom. The van der Waals surface area contributed by atoms with E-state index in [0.29, 0.717) is 36.8 Å². The maximum Gasteiger partial charge on any atom is 0.265 e. The second-order valence-electron chi connectivity index (χ2n) is 10.6. The molecule has 3 aromatic carbocycles. The zero-order chi connectivity index (χ0) is 28.9. The van der Waals surface area contributed by atoms with E-state index < -0.39 is 5.91 Å². The van der Waals surface area contributed by atoms with Crippen molar-refractivity contribution in [3.63, 3.8) is 0 Å². The molecule has 2 heterocycles. The van der Waals surface area contributed by atoms with Gasteiger partial charge in [0.15, 0.2) is 12.4 Å². The standard InChI is InChI=1S/C32H36N4O5/c1-21-15-29-30(16-22(21)2)41-20-31(38)36(29)18-25(37)17-34-28(19-35-11-13-40-14-12-35)24-9-7-23(8-10-24)26-5-3-4-6-27(26)32(33)39/h3-10,15-16,28,34H,11-14,17-20H2,1-2H3,(H2,33,39). The van der Waals surface area contributed by atoms with Crippen LogP contribution in [0, 0.1) is 13.8 Å². The molecule has 1 fully saturated rings. The summed E-state index contributed by atoms with van der Waals surface area (Å²) in [6.07, 6.45) is 0. The zero-order valence-corrected chi connectivity index (χ0v) is 23.5. The summed E-state index contributed by atoms with van der Waals surface area (Å²) in [7, 11) is 0. The molecule has 0 spiro atoms. The molecule has 1 atom stereocenters. The molecule has 1 saturated heterocycles. The van der Waals surface area contributed by atoms with E-state index in [1.54, 1.807) is 12.1 Å². The lowest BCUT2D eigenvalue weighted by molar-refractivity contribution is -0.124. The van der Waals surface area contributed by atoms with Gasteiger partial charge in [0.1, 0.15) is 5.75 Å². The SMILES string of the molecule is Cc1cc2c(cc1C)N(CC(=O)CNC(CN1CCOCC1)c1ccc(-c3ccccc3C(N)=O)cc1)C(=O)CO2. The Kier molecular flexibility index (Phi) is 8.78. The predicted octanol–water partition coefficient (Wildman–Crippen LogP) is 3.03. The lowest BCUT2D eigenvalue weighted by atomic mass is 9.96. The van der Waals surface area contributed by atoms with Gasteiger partial charge in [0, 0.05) is 31.2 Å². The molecule has 2 aliphatic rings. The number of Topliss-reactive ketones (excluding diaryl/α,β-unsaturated/α-hetero) is 1. The molecule has 1 unspecified atom stereocenters. The number of carbonyl (C=O) groups is 3. The molecular weight excluding hydrogens is 520 g/mol. The summed E-state index contributed by atoms with van der Waals surface area (Å²) < 4.78 is 11.1. The maximum atomic E-state index is 13.2. The molecule has 0 radical (unpaired) electrons. The van der Waals surface area contributed by atoms with E-state index in [0.717, 1.165) is 40.9 Å². The number of hydrogen-bond acceptors (Lipinski definition) is 7. The van der Waals surface area contributed by atoms with Gasteiger partial charge < -0.3 is 20.5 Å². The number of nitrogens with zero attached hydrogens (tertiary/aromatic N) is 2. The fourth-order valence-electron chi connectivity index (χ4n) is 5.27. The van der Waals surface area contributed by atoms with Gasteiger partial charge in [-0.1, -0.05) is 42.5 Å². The third-order valence-electron chi connectivity index (χ3n) is 7.76. The fourth-order valence-corrected chi connectivity index (χ4v) is 5.27. The smallest absolute Gasteiger partial charge is 0.265 e. The lowest BCUT2D eigenvalue weighted by Crippen LogP contribution is -2.46. The van der Waals surface area contributed by atoms with Crippen LogP contribution in [0.15, 0.2) is 60.7 Å². The highest BCUT2D eigenvalue weighted by atomic mass is 16.5. The Morgan fingerprint density at radius 1 is 1.00 bits per heavy atom. The molecular formula is C32H36N4O5. The number of ether oxygens (including phenoxy) is 2. The third kappa shape index (κ3) is 6.65. The zero-order valence-electron chi connectivity index (χ0n) is 23.5. The summed E-state index contributed by atoms with van der Waals surface area (Å²) >= 11 is 0. The number of fused-ring (bicyclic) bond motifs is 1. The second kappa shape index (κ2) is 12.6. The number of anilines is 1. The van der Waals surface area contributed by atoms with E-state index in [1.807, 2.05) is 62.4 Å². The Morgan fingerprint density at radius 3 is 2.44 bits per heavy atom. The van der Waals surface area contributed by atoms with Crippen molar-refractivity contribution in [1.29, 1.82) is 0 Å².